The van der Waals surface area contributed by atoms with Crippen molar-refractivity contribution in [1.82, 2.24) is 9.78 Å². The summed E-state index contributed by atoms with van der Waals surface area (Å²) in [6, 6.07) is 11.5. The van der Waals surface area contributed by atoms with Gasteiger partial charge in [-0.05, 0) is 29.5 Å². The fraction of sp³-hybridized carbons (Fsp3) is 0.391. The number of hydrogen-bond donors (Lipinski definition) is 1. The minimum Gasteiger partial charge on any atom is -0.493 e. The number of ether oxygens (including phenoxy) is 1. The SMILES string of the molecule is CC(C)(CC(O)(Cn1nc(Cl)c(=O)c2ccccc21)C(F)(F)F)c1cccc2c1OCC2. The number of rotatable bonds is 5. The molecule has 2 aromatic carbocycles. The Balaban J connectivity index is 1.78. The number of hydrogen-bond acceptors (Lipinski definition) is 4. The molecule has 3 aromatic rings. The van der Waals surface area contributed by atoms with Gasteiger partial charge in [-0.25, -0.2) is 0 Å². The van der Waals surface area contributed by atoms with Crippen LogP contribution in [-0.4, -0.2) is 33.3 Å². The van der Waals surface area contributed by atoms with E-state index in [1.807, 2.05) is 6.07 Å². The summed E-state index contributed by atoms with van der Waals surface area (Å²) in [4.78, 5) is 12.3. The molecule has 2 heterocycles. The zero-order chi connectivity index (χ0) is 23.3. The lowest BCUT2D eigenvalue weighted by Gasteiger charge is -2.38. The van der Waals surface area contributed by atoms with E-state index >= 15 is 0 Å². The Kier molecular flexibility index (Phi) is 5.49. The van der Waals surface area contributed by atoms with Crippen molar-refractivity contribution in [2.24, 2.45) is 0 Å². The summed E-state index contributed by atoms with van der Waals surface area (Å²) < 4.78 is 49.5. The Labute approximate surface area is 187 Å². The molecule has 1 aliphatic heterocycles. The van der Waals surface area contributed by atoms with Crippen LogP contribution in [0.15, 0.2) is 47.3 Å². The number of fused-ring (bicyclic) bond motifs is 2. The summed E-state index contributed by atoms with van der Waals surface area (Å²) in [6.45, 7) is 2.84. The Morgan fingerprint density at radius 2 is 1.88 bits per heavy atom. The molecule has 0 aliphatic carbocycles. The highest BCUT2D eigenvalue weighted by atomic mass is 35.5. The van der Waals surface area contributed by atoms with Gasteiger partial charge in [0.25, 0.3) is 0 Å². The minimum absolute atomic E-state index is 0.130. The highest BCUT2D eigenvalue weighted by Crippen LogP contribution is 2.46. The molecular weight excluding hydrogens is 445 g/mol. The van der Waals surface area contributed by atoms with E-state index in [2.05, 4.69) is 5.10 Å². The standard InChI is InChI=1S/C23H22ClF3N2O3/c1-21(2,16-8-5-6-14-10-11-32-19(14)16)12-22(31,23(25,26)27)13-29-17-9-4-3-7-15(17)18(30)20(24)28-29/h3-9,31H,10-13H2,1-2H3. The zero-order valence-electron chi connectivity index (χ0n) is 17.5. The maximum atomic E-state index is 14.3. The van der Waals surface area contributed by atoms with Crippen LogP contribution in [0.1, 0.15) is 31.4 Å². The molecule has 0 spiro atoms. The first-order valence-electron chi connectivity index (χ1n) is 10.1. The molecule has 0 saturated carbocycles. The van der Waals surface area contributed by atoms with Crippen molar-refractivity contribution in [2.75, 3.05) is 6.61 Å². The van der Waals surface area contributed by atoms with E-state index in [9.17, 15) is 23.1 Å². The van der Waals surface area contributed by atoms with Crippen LogP contribution < -0.4 is 10.2 Å². The number of benzene rings is 2. The molecule has 1 unspecified atom stereocenters. The van der Waals surface area contributed by atoms with E-state index in [1.54, 1.807) is 38.1 Å². The third-order valence-electron chi connectivity index (χ3n) is 5.94. The van der Waals surface area contributed by atoms with Gasteiger partial charge in [0.15, 0.2) is 10.8 Å². The van der Waals surface area contributed by atoms with E-state index < -0.39 is 40.7 Å². The van der Waals surface area contributed by atoms with Crippen LogP contribution in [0.25, 0.3) is 10.9 Å². The summed E-state index contributed by atoms with van der Waals surface area (Å²) in [7, 11) is 0. The third-order valence-corrected chi connectivity index (χ3v) is 6.19. The van der Waals surface area contributed by atoms with Crippen molar-refractivity contribution in [1.29, 1.82) is 0 Å². The average molecular weight is 467 g/mol. The third kappa shape index (κ3) is 3.86. The van der Waals surface area contributed by atoms with Gasteiger partial charge in [-0.2, -0.15) is 18.3 Å². The van der Waals surface area contributed by atoms with Crippen LogP contribution in [0.2, 0.25) is 5.15 Å². The van der Waals surface area contributed by atoms with Crippen molar-refractivity contribution < 1.29 is 23.0 Å². The van der Waals surface area contributed by atoms with Crippen molar-refractivity contribution in [3.05, 3.63) is 69.0 Å². The number of alkyl halides is 3. The Hall–Kier alpha value is -2.58. The van der Waals surface area contributed by atoms with Gasteiger partial charge >= 0.3 is 6.18 Å². The number of halogens is 4. The molecule has 1 N–H and O–H groups in total. The van der Waals surface area contributed by atoms with Crippen LogP contribution in [0.4, 0.5) is 13.2 Å². The van der Waals surface area contributed by atoms with Crippen LogP contribution in [0, 0.1) is 0 Å². The van der Waals surface area contributed by atoms with E-state index in [0.717, 1.165) is 10.2 Å². The topological polar surface area (TPSA) is 64.3 Å². The normalized spacial score (nSPS) is 16.0. The molecule has 4 rings (SSSR count). The Bertz CT molecular complexity index is 1240. The van der Waals surface area contributed by atoms with Gasteiger partial charge < -0.3 is 9.84 Å². The monoisotopic (exact) mass is 466 g/mol. The van der Waals surface area contributed by atoms with Crippen LogP contribution in [-0.2, 0) is 18.4 Å². The molecule has 32 heavy (non-hydrogen) atoms. The highest BCUT2D eigenvalue weighted by molar-refractivity contribution is 6.29. The number of aliphatic hydroxyl groups is 1. The lowest BCUT2D eigenvalue weighted by molar-refractivity contribution is -0.272. The lowest BCUT2D eigenvalue weighted by Crippen LogP contribution is -2.52. The first-order chi connectivity index (χ1) is 14.9. The fourth-order valence-electron chi connectivity index (χ4n) is 4.40. The maximum absolute atomic E-state index is 14.3. The highest BCUT2D eigenvalue weighted by Gasteiger charge is 2.56. The summed E-state index contributed by atoms with van der Waals surface area (Å²) in [5.74, 6) is 0.581. The van der Waals surface area contributed by atoms with E-state index in [4.69, 9.17) is 16.3 Å². The van der Waals surface area contributed by atoms with Crippen molar-refractivity contribution in [3.8, 4) is 5.75 Å². The maximum Gasteiger partial charge on any atom is 0.419 e. The van der Waals surface area contributed by atoms with Gasteiger partial charge in [-0.15, -0.1) is 0 Å². The summed E-state index contributed by atoms with van der Waals surface area (Å²) in [6.07, 6.45) is -4.93. The molecule has 0 bridgehead atoms. The van der Waals surface area contributed by atoms with Gasteiger partial charge in [0.1, 0.15) is 5.75 Å². The molecule has 5 nitrogen and oxygen atoms in total. The van der Waals surface area contributed by atoms with Gasteiger partial charge in [0, 0.05) is 12.0 Å². The van der Waals surface area contributed by atoms with Crippen molar-refractivity contribution in [2.45, 2.75) is 50.4 Å². The quantitative estimate of drug-likeness (QED) is 0.594. The average Bonchev–Trinajstić information content (AvgIpc) is 3.19. The minimum atomic E-state index is -4.97. The molecule has 0 fully saturated rings. The zero-order valence-corrected chi connectivity index (χ0v) is 18.3. The van der Waals surface area contributed by atoms with Crippen LogP contribution in [0.3, 0.4) is 0 Å². The molecule has 0 amide bonds. The Morgan fingerprint density at radius 3 is 2.59 bits per heavy atom. The molecular formula is C23H22ClF3N2O3. The lowest BCUT2D eigenvalue weighted by atomic mass is 9.74. The molecule has 9 heteroatoms. The second-order valence-corrected chi connectivity index (χ2v) is 9.14. The number of nitrogens with zero attached hydrogens (tertiary/aromatic N) is 2. The molecule has 1 aliphatic rings. The Morgan fingerprint density at radius 1 is 1.16 bits per heavy atom. The first kappa shape index (κ1) is 22.6. The molecule has 170 valence electrons. The van der Waals surface area contributed by atoms with E-state index in [-0.39, 0.29) is 10.9 Å². The van der Waals surface area contributed by atoms with Crippen LogP contribution >= 0.6 is 11.6 Å². The molecule has 0 saturated heterocycles. The summed E-state index contributed by atoms with van der Waals surface area (Å²) in [5.41, 5.74) is -3.11. The largest absolute Gasteiger partial charge is 0.493 e. The number of para-hydroxylation sites is 2. The van der Waals surface area contributed by atoms with Gasteiger partial charge in [-0.1, -0.05) is 55.8 Å². The second kappa shape index (κ2) is 7.78. The molecule has 1 atom stereocenters. The molecule has 0 radical (unpaired) electrons. The van der Waals surface area contributed by atoms with E-state index in [0.29, 0.717) is 24.3 Å². The van der Waals surface area contributed by atoms with E-state index in [1.165, 1.54) is 12.1 Å². The van der Waals surface area contributed by atoms with Crippen molar-refractivity contribution >= 4 is 22.5 Å². The first-order valence-corrected chi connectivity index (χ1v) is 10.5. The number of aromatic nitrogens is 2. The fourth-order valence-corrected chi connectivity index (χ4v) is 4.59. The van der Waals surface area contributed by atoms with Gasteiger partial charge in [0.2, 0.25) is 5.43 Å². The predicted molar refractivity (Wildman–Crippen MR) is 115 cm³/mol. The van der Waals surface area contributed by atoms with Gasteiger partial charge in [0.05, 0.1) is 24.1 Å². The predicted octanol–water partition coefficient (Wildman–Crippen LogP) is 4.65. The van der Waals surface area contributed by atoms with Crippen LogP contribution in [0.5, 0.6) is 5.75 Å². The summed E-state index contributed by atoms with van der Waals surface area (Å²) >= 11 is 5.90. The second-order valence-electron chi connectivity index (χ2n) is 8.78. The molecule has 1 aromatic heterocycles. The van der Waals surface area contributed by atoms with Crippen molar-refractivity contribution in [3.63, 3.8) is 0 Å². The summed E-state index contributed by atoms with van der Waals surface area (Å²) in [5, 5.41) is 14.5. The smallest absolute Gasteiger partial charge is 0.419 e. The van der Waals surface area contributed by atoms with Gasteiger partial charge in [-0.3, -0.25) is 9.48 Å².